The van der Waals surface area contributed by atoms with Crippen LogP contribution < -0.4 is 5.32 Å². The van der Waals surface area contributed by atoms with Gasteiger partial charge in [-0.2, -0.15) is 0 Å². The second kappa shape index (κ2) is 5.86. The van der Waals surface area contributed by atoms with Gasteiger partial charge in [-0.25, -0.2) is 0 Å². The molecule has 0 heterocycles. The number of nitrogens with zero attached hydrogens (tertiary/aromatic N) is 1. The molecule has 0 radical (unpaired) electrons. The van der Waals surface area contributed by atoms with Gasteiger partial charge in [0.15, 0.2) is 0 Å². The van der Waals surface area contributed by atoms with E-state index < -0.39 is 11.9 Å². The number of carbonyl (C=O) groups is 2. The first kappa shape index (κ1) is 14.5. The van der Waals surface area contributed by atoms with Crippen molar-refractivity contribution in [3.63, 3.8) is 0 Å². The van der Waals surface area contributed by atoms with E-state index in [2.05, 4.69) is 21.2 Å². The normalized spacial score (nSPS) is 11.8. The van der Waals surface area contributed by atoms with E-state index in [0.717, 1.165) is 0 Å². The lowest BCUT2D eigenvalue weighted by Crippen LogP contribution is -2.44. The molecule has 0 aliphatic carbocycles. The molecule has 6 heteroatoms. The monoisotopic (exact) mass is 314 g/mol. The number of nitrogens with one attached hydrogen (secondary N) is 1. The lowest BCUT2D eigenvalue weighted by molar-refractivity contribution is -0.130. The highest BCUT2D eigenvalue weighted by atomic mass is 79.9. The summed E-state index contributed by atoms with van der Waals surface area (Å²) < 4.78 is 0.675. The predicted molar refractivity (Wildman–Crippen MR) is 71.4 cm³/mol. The fraction of sp³-hybridized carbons (Fsp3) is 0.333. The third-order valence-electron chi connectivity index (χ3n) is 2.36. The minimum atomic E-state index is -0.643. The van der Waals surface area contributed by atoms with Crippen LogP contribution in [0, 0.1) is 0 Å². The topological polar surface area (TPSA) is 69.6 Å². The Bertz CT molecular complexity index is 474. The molecule has 1 rings (SSSR count). The van der Waals surface area contributed by atoms with Crippen molar-refractivity contribution in [3.8, 4) is 5.75 Å². The van der Waals surface area contributed by atoms with Crippen molar-refractivity contribution in [2.45, 2.75) is 13.0 Å². The zero-order valence-electron chi connectivity index (χ0n) is 10.4. The highest BCUT2D eigenvalue weighted by molar-refractivity contribution is 9.10. The molecule has 0 fully saturated rings. The van der Waals surface area contributed by atoms with Gasteiger partial charge in [-0.1, -0.05) is 15.9 Å². The summed E-state index contributed by atoms with van der Waals surface area (Å²) in [6.07, 6.45) is 0. The Hall–Kier alpha value is -1.56. The fourth-order valence-electron chi connectivity index (χ4n) is 1.42. The van der Waals surface area contributed by atoms with Crippen LogP contribution in [0.25, 0.3) is 0 Å². The zero-order chi connectivity index (χ0) is 13.9. The van der Waals surface area contributed by atoms with Gasteiger partial charge in [0.25, 0.3) is 5.91 Å². The summed E-state index contributed by atoms with van der Waals surface area (Å²) >= 11 is 3.19. The van der Waals surface area contributed by atoms with Gasteiger partial charge in [0.05, 0.1) is 5.56 Å². The molecular formula is C12H15BrN2O3. The smallest absolute Gasteiger partial charge is 0.255 e. The number of halogens is 1. The number of carbonyl (C=O) groups excluding carboxylic acids is 2. The van der Waals surface area contributed by atoms with E-state index in [0.29, 0.717) is 4.47 Å². The average Bonchev–Trinajstić information content (AvgIpc) is 2.27. The molecule has 5 nitrogen and oxygen atoms in total. The van der Waals surface area contributed by atoms with E-state index in [-0.39, 0.29) is 17.2 Å². The van der Waals surface area contributed by atoms with E-state index in [1.165, 1.54) is 17.0 Å². The first-order valence-corrected chi connectivity index (χ1v) is 6.12. The number of likely N-dealkylation sites (N-methyl/N-ethyl adjacent to an activating group) is 1. The van der Waals surface area contributed by atoms with Gasteiger partial charge >= 0.3 is 0 Å². The summed E-state index contributed by atoms with van der Waals surface area (Å²) in [5, 5.41) is 12.2. The van der Waals surface area contributed by atoms with Crippen molar-refractivity contribution >= 4 is 27.7 Å². The quantitative estimate of drug-likeness (QED) is 0.885. The first-order valence-electron chi connectivity index (χ1n) is 5.33. The van der Waals surface area contributed by atoms with Crippen molar-refractivity contribution in [2.24, 2.45) is 0 Å². The second-order valence-corrected chi connectivity index (χ2v) is 5.00. The zero-order valence-corrected chi connectivity index (χ0v) is 12.0. The van der Waals surface area contributed by atoms with E-state index in [1.54, 1.807) is 27.1 Å². The Morgan fingerprint density at radius 1 is 1.39 bits per heavy atom. The largest absolute Gasteiger partial charge is 0.507 e. The van der Waals surface area contributed by atoms with Crippen LogP contribution in [0.3, 0.4) is 0 Å². The van der Waals surface area contributed by atoms with Crippen molar-refractivity contribution in [3.05, 3.63) is 28.2 Å². The highest BCUT2D eigenvalue weighted by Gasteiger charge is 2.19. The first-order chi connectivity index (χ1) is 8.32. The lowest BCUT2D eigenvalue weighted by Gasteiger charge is -2.18. The number of hydrogen-bond acceptors (Lipinski definition) is 3. The third kappa shape index (κ3) is 3.46. The molecule has 0 aliphatic heterocycles. The van der Waals surface area contributed by atoms with Gasteiger partial charge in [-0.3, -0.25) is 9.59 Å². The molecule has 1 aromatic rings. The van der Waals surface area contributed by atoms with Gasteiger partial charge in [-0.05, 0) is 25.1 Å². The Morgan fingerprint density at radius 3 is 2.50 bits per heavy atom. The summed E-state index contributed by atoms with van der Waals surface area (Å²) in [5.41, 5.74) is 0.136. The summed E-state index contributed by atoms with van der Waals surface area (Å²) in [7, 11) is 3.23. The number of benzene rings is 1. The average molecular weight is 315 g/mol. The van der Waals surface area contributed by atoms with Crippen LogP contribution in [0.15, 0.2) is 22.7 Å². The van der Waals surface area contributed by atoms with Crippen LogP contribution in [-0.2, 0) is 4.79 Å². The van der Waals surface area contributed by atoms with Gasteiger partial charge < -0.3 is 15.3 Å². The standard InChI is InChI=1S/C12H15BrN2O3/c1-7(12(18)15(2)3)14-11(17)9-5-4-8(13)6-10(9)16/h4-7,16H,1-3H3,(H,14,17). The Kier molecular flexibility index (Phi) is 4.72. The summed E-state index contributed by atoms with van der Waals surface area (Å²) in [6, 6.07) is 3.91. The number of rotatable bonds is 3. The number of aromatic hydroxyl groups is 1. The van der Waals surface area contributed by atoms with E-state index in [4.69, 9.17) is 0 Å². The van der Waals surface area contributed by atoms with Crippen LogP contribution in [0.5, 0.6) is 5.75 Å². The van der Waals surface area contributed by atoms with Gasteiger partial charge in [0.2, 0.25) is 5.91 Å². The maximum Gasteiger partial charge on any atom is 0.255 e. The molecule has 2 amide bonds. The maximum absolute atomic E-state index is 11.9. The van der Waals surface area contributed by atoms with Gasteiger partial charge in [-0.15, -0.1) is 0 Å². The Morgan fingerprint density at radius 2 is 2.00 bits per heavy atom. The fourth-order valence-corrected chi connectivity index (χ4v) is 1.77. The molecule has 1 atom stereocenters. The van der Waals surface area contributed by atoms with Crippen LogP contribution in [0.4, 0.5) is 0 Å². The van der Waals surface area contributed by atoms with Gasteiger partial charge in [0.1, 0.15) is 11.8 Å². The molecule has 2 N–H and O–H groups in total. The van der Waals surface area contributed by atoms with Crippen LogP contribution in [0.2, 0.25) is 0 Å². The molecule has 0 spiro atoms. The van der Waals surface area contributed by atoms with E-state index in [1.807, 2.05) is 0 Å². The number of hydrogen-bond donors (Lipinski definition) is 2. The predicted octanol–water partition coefficient (Wildman–Crippen LogP) is 1.36. The van der Waals surface area contributed by atoms with Gasteiger partial charge in [0, 0.05) is 18.6 Å². The minimum Gasteiger partial charge on any atom is -0.507 e. The molecule has 1 unspecified atom stereocenters. The van der Waals surface area contributed by atoms with Crippen molar-refractivity contribution in [1.29, 1.82) is 0 Å². The third-order valence-corrected chi connectivity index (χ3v) is 2.86. The van der Waals surface area contributed by atoms with Crippen LogP contribution in [0.1, 0.15) is 17.3 Å². The number of phenols is 1. The summed E-state index contributed by atoms with van der Waals surface area (Å²) in [5.74, 6) is -0.825. The second-order valence-electron chi connectivity index (χ2n) is 4.09. The summed E-state index contributed by atoms with van der Waals surface area (Å²) in [4.78, 5) is 24.8. The van der Waals surface area contributed by atoms with Crippen LogP contribution >= 0.6 is 15.9 Å². The Balaban J connectivity index is 2.80. The van der Waals surface area contributed by atoms with E-state index in [9.17, 15) is 14.7 Å². The van der Waals surface area contributed by atoms with Crippen molar-refractivity contribution in [1.82, 2.24) is 10.2 Å². The number of phenolic OH excluding ortho intramolecular Hbond substituents is 1. The molecule has 0 saturated carbocycles. The molecule has 18 heavy (non-hydrogen) atoms. The molecule has 0 bridgehead atoms. The van der Waals surface area contributed by atoms with Crippen LogP contribution in [-0.4, -0.2) is 42.0 Å². The number of amides is 2. The van der Waals surface area contributed by atoms with E-state index >= 15 is 0 Å². The molecule has 1 aromatic carbocycles. The van der Waals surface area contributed by atoms with Crippen molar-refractivity contribution in [2.75, 3.05) is 14.1 Å². The highest BCUT2D eigenvalue weighted by Crippen LogP contribution is 2.22. The maximum atomic E-state index is 11.9. The molecular weight excluding hydrogens is 300 g/mol. The summed E-state index contributed by atoms with van der Waals surface area (Å²) in [6.45, 7) is 1.59. The SMILES string of the molecule is CC(NC(=O)c1ccc(Br)cc1O)C(=O)N(C)C. The minimum absolute atomic E-state index is 0.133. The van der Waals surface area contributed by atoms with Crippen molar-refractivity contribution < 1.29 is 14.7 Å². The molecule has 98 valence electrons. The Labute approximate surface area is 114 Å². The molecule has 0 aliphatic rings. The lowest BCUT2D eigenvalue weighted by atomic mass is 10.1. The molecule has 0 saturated heterocycles. The molecule has 0 aromatic heterocycles.